The molecule has 0 bridgehead atoms. The molecule has 3 nitrogen and oxygen atoms in total. The summed E-state index contributed by atoms with van der Waals surface area (Å²) in [5.74, 6) is 1.15. The van der Waals surface area contributed by atoms with E-state index in [9.17, 15) is 4.79 Å². The van der Waals surface area contributed by atoms with Crippen LogP contribution in [0.4, 0.5) is 4.79 Å². The van der Waals surface area contributed by atoms with Gasteiger partial charge in [0.05, 0.1) is 0 Å². The normalized spacial score (nSPS) is 22.3. The van der Waals surface area contributed by atoms with E-state index in [1.165, 1.54) is 12.8 Å². The molecule has 1 heterocycles. The first kappa shape index (κ1) is 12.7. The highest BCUT2D eigenvalue weighted by atomic mass is 32.2. The Morgan fingerprint density at radius 1 is 1.47 bits per heavy atom. The zero-order chi connectivity index (χ0) is 11.1. The minimum Gasteiger partial charge on any atom is -0.338 e. The number of nitrogens with one attached hydrogen (secondary N) is 1. The van der Waals surface area contributed by atoms with Crippen LogP contribution < -0.4 is 5.32 Å². The first-order valence-corrected chi connectivity index (χ1v) is 6.97. The molecule has 0 spiro atoms. The summed E-state index contributed by atoms with van der Waals surface area (Å²) in [6.07, 6.45) is 3.67. The number of thioether (sulfide) groups is 1. The number of rotatable bonds is 3. The van der Waals surface area contributed by atoms with Gasteiger partial charge in [-0.15, -0.1) is 0 Å². The summed E-state index contributed by atoms with van der Waals surface area (Å²) in [5.41, 5.74) is 0. The molecule has 0 aromatic carbocycles. The lowest BCUT2D eigenvalue weighted by molar-refractivity contribution is 0.201. The summed E-state index contributed by atoms with van der Waals surface area (Å²) >= 11 is 1.98. The fourth-order valence-corrected chi connectivity index (χ4v) is 3.01. The van der Waals surface area contributed by atoms with Gasteiger partial charge < -0.3 is 10.2 Å². The quantitative estimate of drug-likeness (QED) is 0.807. The first-order valence-electron chi connectivity index (χ1n) is 5.92. The molecule has 0 unspecified atom stereocenters. The Hall–Kier alpha value is -0.380. The third-order valence-corrected chi connectivity index (χ3v) is 3.84. The van der Waals surface area contributed by atoms with Crippen molar-refractivity contribution in [2.75, 3.05) is 25.4 Å². The Kier molecular flexibility index (Phi) is 5.91. The van der Waals surface area contributed by atoms with Crippen LogP contribution in [-0.4, -0.2) is 41.6 Å². The lowest BCUT2D eigenvalue weighted by atomic mass is 10.2. The highest BCUT2D eigenvalue weighted by Gasteiger charge is 2.21. The first-order chi connectivity index (χ1) is 7.27. The van der Waals surface area contributed by atoms with Crippen LogP contribution >= 0.6 is 11.8 Å². The van der Waals surface area contributed by atoms with Crippen molar-refractivity contribution in [2.45, 2.75) is 38.4 Å². The second kappa shape index (κ2) is 6.99. The minimum atomic E-state index is 0.112. The van der Waals surface area contributed by atoms with E-state index in [1.54, 1.807) is 0 Å². The van der Waals surface area contributed by atoms with Crippen molar-refractivity contribution in [3.63, 3.8) is 0 Å². The second-order valence-corrected chi connectivity index (χ2v) is 5.43. The summed E-state index contributed by atoms with van der Waals surface area (Å²) < 4.78 is 0. The highest BCUT2D eigenvalue weighted by Crippen LogP contribution is 2.21. The summed E-state index contributed by atoms with van der Waals surface area (Å²) in [4.78, 5) is 13.7. The maximum Gasteiger partial charge on any atom is 0.317 e. The van der Waals surface area contributed by atoms with E-state index in [0.717, 1.165) is 31.8 Å². The van der Waals surface area contributed by atoms with Crippen LogP contribution in [0.25, 0.3) is 0 Å². The van der Waals surface area contributed by atoms with Gasteiger partial charge in [0.2, 0.25) is 0 Å². The molecular weight excluding hydrogens is 208 g/mol. The summed E-state index contributed by atoms with van der Waals surface area (Å²) in [7, 11) is 0. The summed E-state index contributed by atoms with van der Waals surface area (Å²) in [6.45, 7) is 6.72. The molecule has 0 aromatic rings. The average Bonchev–Trinajstić information content (AvgIpc) is 2.44. The third kappa shape index (κ3) is 4.33. The van der Waals surface area contributed by atoms with Crippen molar-refractivity contribution in [3.8, 4) is 0 Å². The van der Waals surface area contributed by atoms with Crippen molar-refractivity contribution in [3.05, 3.63) is 0 Å². The number of carbonyl (C=O) groups is 1. The molecule has 1 fully saturated rings. The molecule has 1 rings (SSSR count). The average molecular weight is 230 g/mol. The maximum absolute atomic E-state index is 11.7. The van der Waals surface area contributed by atoms with Crippen molar-refractivity contribution < 1.29 is 4.79 Å². The largest absolute Gasteiger partial charge is 0.338 e. The SMILES string of the molecule is CCNC(=O)N1CCCC[C@H](SCC)C1. The van der Waals surface area contributed by atoms with Gasteiger partial charge in [-0.05, 0) is 25.5 Å². The molecule has 1 saturated heterocycles. The number of hydrogen-bond acceptors (Lipinski definition) is 2. The molecule has 15 heavy (non-hydrogen) atoms. The molecule has 2 amide bonds. The van der Waals surface area contributed by atoms with Gasteiger partial charge in [0.15, 0.2) is 0 Å². The molecule has 4 heteroatoms. The Bertz CT molecular complexity index is 199. The van der Waals surface area contributed by atoms with Gasteiger partial charge in [0.1, 0.15) is 0 Å². The van der Waals surface area contributed by atoms with E-state index in [2.05, 4.69) is 12.2 Å². The van der Waals surface area contributed by atoms with E-state index in [0.29, 0.717) is 5.25 Å². The standard InChI is InChI=1S/C11H22N2OS/c1-3-12-11(14)13-8-6-5-7-10(9-13)15-4-2/h10H,3-9H2,1-2H3,(H,12,14)/t10-/m0/s1. The van der Waals surface area contributed by atoms with E-state index in [1.807, 2.05) is 23.6 Å². The zero-order valence-corrected chi connectivity index (χ0v) is 10.6. The van der Waals surface area contributed by atoms with Gasteiger partial charge in [-0.3, -0.25) is 0 Å². The number of hydrogen-bond donors (Lipinski definition) is 1. The van der Waals surface area contributed by atoms with Gasteiger partial charge in [-0.2, -0.15) is 11.8 Å². The number of nitrogens with zero attached hydrogens (tertiary/aromatic N) is 1. The predicted molar refractivity (Wildman–Crippen MR) is 66.4 cm³/mol. The third-order valence-electron chi connectivity index (χ3n) is 2.65. The van der Waals surface area contributed by atoms with E-state index >= 15 is 0 Å². The van der Waals surface area contributed by atoms with Crippen molar-refractivity contribution in [1.29, 1.82) is 0 Å². The van der Waals surface area contributed by atoms with Gasteiger partial charge >= 0.3 is 6.03 Å². The topological polar surface area (TPSA) is 32.3 Å². The molecule has 0 aromatic heterocycles. The smallest absolute Gasteiger partial charge is 0.317 e. The number of carbonyl (C=O) groups excluding carboxylic acids is 1. The molecule has 88 valence electrons. The van der Waals surface area contributed by atoms with E-state index in [-0.39, 0.29) is 6.03 Å². The van der Waals surface area contributed by atoms with Crippen LogP contribution in [-0.2, 0) is 0 Å². The molecule has 0 aliphatic carbocycles. The van der Waals surface area contributed by atoms with Crippen molar-refractivity contribution in [1.82, 2.24) is 10.2 Å². The number of urea groups is 1. The fraction of sp³-hybridized carbons (Fsp3) is 0.909. The molecule has 1 N–H and O–H groups in total. The zero-order valence-electron chi connectivity index (χ0n) is 9.79. The molecule has 1 aliphatic rings. The van der Waals surface area contributed by atoms with E-state index in [4.69, 9.17) is 0 Å². The lowest BCUT2D eigenvalue weighted by Crippen LogP contribution is -2.42. The molecule has 1 aliphatic heterocycles. The number of likely N-dealkylation sites (tertiary alicyclic amines) is 1. The van der Waals surface area contributed by atoms with Crippen LogP contribution in [0.3, 0.4) is 0 Å². The number of amides is 2. The van der Waals surface area contributed by atoms with Crippen LogP contribution in [0, 0.1) is 0 Å². The van der Waals surface area contributed by atoms with Gasteiger partial charge in [0.25, 0.3) is 0 Å². The van der Waals surface area contributed by atoms with Crippen molar-refractivity contribution in [2.24, 2.45) is 0 Å². The minimum absolute atomic E-state index is 0.112. The van der Waals surface area contributed by atoms with Gasteiger partial charge in [0, 0.05) is 24.9 Å². The van der Waals surface area contributed by atoms with Crippen LogP contribution in [0.5, 0.6) is 0 Å². The van der Waals surface area contributed by atoms with Crippen LogP contribution in [0.15, 0.2) is 0 Å². The highest BCUT2D eigenvalue weighted by molar-refractivity contribution is 7.99. The lowest BCUT2D eigenvalue weighted by Gasteiger charge is -2.24. The van der Waals surface area contributed by atoms with Crippen LogP contribution in [0.1, 0.15) is 33.1 Å². The van der Waals surface area contributed by atoms with Crippen LogP contribution in [0.2, 0.25) is 0 Å². The van der Waals surface area contributed by atoms with Crippen molar-refractivity contribution >= 4 is 17.8 Å². The Morgan fingerprint density at radius 2 is 2.27 bits per heavy atom. The monoisotopic (exact) mass is 230 g/mol. The molecule has 0 radical (unpaired) electrons. The fourth-order valence-electron chi connectivity index (χ4n) is 1.92. The maximum atomic E-state index is 11.7. The van der Waals surface area contributed by atoms with E-state index < -0.39 is 0 Å². The molecule has 1 atom stereocenters. The second-order valence-electron chi connectivity index (χ2n) is 3.85. The van der Waals surface area contributed by atoms with Gasteiger partial charge in [-0.25, -0.2) is 4.79 Å². The summed E-state index contributed by atoms with van der Waals surface area (Å²) in [5, 5.41) is 3.52. The summed E-state index contributed by atoms with van der Waals surface area (Å²) in [6, 6.07) is 0.112. The van der Waals surface area contributed by atoms with Gasteiger partial charge in [-0.1, -0.05) is 13.3 Å². The Balaban J connectivity index is 2.44. The molecular formula is C11H22N2OS. The Morgan fingerprint density at radius 3 is 2.93 bits per heavy atom. The predicted octanol–water partition coefficient (Wildman–Crippen LogP) is 2.32. The Labute approximate surface area is 97.0 Å². The molecule has 0 saturated carbocycles.